The molecule has 2 aliphatic rings. The van der Waals surface area contributed by atoms with Gasteiger partial charge in [-0.1, -0.05) is 0 Å². The number of nitrogens with zero attached hydrogens (tertiary/aromatic N) is 1. The van der Waals surface area contributed by atoms with E-state index in [4.69, 9.17) is 0 Å². The first kappa shape index (κ1) is 9.49. The van der Waals surface area contributed by atoms with E-state index in [0.717, 1.165) is 12.8 Å². The molecule has 0 saturated heterocycles. The van der Waals surface area contributed by atoms with Crippen molar-refractivity contribution in [3.8, 4) is 0 Å². The second kappa shape index (κ2) is 2.97. The van der Waals surface area contributed by atoms with Crippen molar-refractivity contribution in [3.05, 3.63) is 0 Å². The molecule has 1 aliphatic carbocycles. The average molecular weight is 195 g/mol. The zero-order chi connectivity index (χ0) is 10.3. The van der Waals surface area contributed by atoms with Gasteiger partial charge in [0.2, 0.25) is 0 Å². The number of amides is 1. The molecule has 0 spiro atoms. The molecule has 0 aromatic carbocycles. The average Bonchev–Trinajstić information content (AvgIpc) is 2.75. The predicted octanol–water partition coefficient (Wildman–Crippen LogP) is 0.639. The van der Waals surface area contributed by atoms with Crippen LogP contribution in [-0.2, 0) is 4.79 Å². The van der Waals surface area contributed by atoms with Crippen LogP contribution in [0.25, 0.3) is 0 Å². The number of aliphatic imine (C=N–C) groups is 1. The standard InChI is InChI=1S/C10H17N3O/c1-10(2,3)13-9-11-7(6-4-5-6)8(14)12-9/h6-7H,4-5H2,1-3H3,(H2,11,12,13,14). The summed E-state index contributed by atoms with van der Waals surface area (Å²) < 4.78 is 0. The molecular weight excluding hydrogens is 178 g/mol. The Morgan fingerprint density at radius 3 is 2.57 bits per heavy atom. The zero-order valence-electron chi connectivity index (χ0n) is 8.92. The minimum Gasteiger partial charge on any atom is -0.351 e. The Balaban J connectivity index is 2.01. The molecule has 14 heavy (non-hydrogen) atoms. The number of carbonyl (C=O) groups excluding carboxylic acids is 1. The van der Waals surface area contributed by atoms with E-state index in [9.17, 15) is 4.79 Å². The summed E-state index contributed by atoms with van der Waals surface area (Å²) in [5.41, 5.74) is -0.0510. The largest absolute Gasteiger partial charge is 0.351 e. The lowest BCUT2D eigenvalue weighted by Gasteiger charge is -2.21. The Morgan fingerprint density at radius 1 is 1.43 bits per heavy atom. The van der Waals surface area contributed by atoms with Gasteiger partial charge in [0.25, 0.3) is 5.91 Å². The highest BCUT2D eigenvalue weighted by molar-refractivity contribution is 6.05. The maximum absolute atomic E-state index is 11.5. The van der Waals surface area contributed by atoms with Gasteiger partial charge in [0, 0.05) is 5.54 Å². The van der Waals surface area contributed by atoms with Crippen molar-refractivity contribution in [3.63, 3.8) is 0 Å². The number of nitrogens with one attached hydrogen (secondary N) is 2. The van der Waals surface area contributed by atoms with Crippen LogP contribution >= 0.6 is 0 Å². The predicted molar refractivity (Wildman–Crippen MR) is 55.0 cm³/mol. The molecular formula is C10H17N3O. The van der Waals surface area contributed by atoms with Gasteiger partial charge in [-0.15, -0.1) is 0 Å². The second-order valence-corrected chi connectivity index (χ2v) is 5.12. The molecule has 2 rings (SSSR count). The fraction of sp³-hybridized carbons (Fsp3) is 0.800. The molecule has 78 valence electrons. The van der Waals surface area contributed by atoms with Gasteiger partial charge < -0.3 is 5.32 Å². The third-order valence-electron chi connectivity index (χ3n) is 2.34. The Hall–Kier alpha value is -1.06. The Bertz CT molecular complexity index is 286. The van der Waals surface area contributed by atoms with Crippen LogP contribution in [0.2, 0.25) is 0 Å². The Morgan fingerprint density at radius 2 is 2.07 bits per heavy atom. The number of hydrogen-bond acceptors (Lipinski definition) is 3. The van der Waals surface area contributed by atoms with E-state index in [-0.39, 0.29) is 17.5 Å². The number of guanidine groups is 1. The molecule has 1 fully saturated rings. The molecule has 1 amide bonds. The molecule has 0 aromatic heterocycles. The van der Waals surface area contributed by atoms with Crippen LogP contribution in [0.15, 0.2) is 4.99 Å². The lowest BCUT2D eigenvalue weighted by molar-refractivity contribution is -0.120. The van der Waals surface area contributed by atoms with Crippen LogP contribution in [0.1, 0.15) is 33.6 Å². The summed E-state index contributed by atoms with van der Waals surface area (Å²) in [4.78, 5) is 15.8. The Labute approximate surface area is 84.2 Å². The maximum Gasteiger partial charge on any atom is 0.251 e. The van der Waals surface area contributed by atoms with Gasteiger partial charge in [-0.2, -0.15) is 0 Å². The number of carbonyl (C=O) groups is 1. The fourth-order valence-corrected chi connectivity index (χ4v) is 1.57. The summed E-state index contributed by atoms with van der Waals surface area (Å²) in [5, 5.41) is 5.96. The van der Waals surface area contributed by atoms with E-state index in [1.807, 2.05) is 20.8 Å². The van der Waals surface area contributed by atoms with Crippen molar-refractivity contribution < 1.29 is 4.79 Å². The SMILES string of the molecule is CC(C)(C)NC1=NC(C2CC2)C(=O)N1. The van der Waals surface area contributed by atoms with E-state index in [1.165, 1.54) is 0 Å². The maximum atomic E-state index is 11.5. The fourth-order valence-electron chi connectivity index (χ4n) is 1.57. The third-order valence-corrected chi connectivity index (χ3v) is 2.34. The lowest BCUT2D eigenvalue weighted by atomic mass is 10.1. The molecule has 0 bridgehead atoms. The van der Waals surface area contributed by atoms with Crippen molar-refractivity contribution in [1.82, 2.24) is 10.6 Å². The van der Waals surface area contributed by atoms with Crippen molar-refractivity contribution in [2.75, 3.05) is 0 Å². The van der Waals surface area contributed by atoms with Crippen molar-refractivity contribution >= 4 is 11.9 Å². The highest BCUT2D eigenvalue weighted by Gasteiger charge is 2.40. The first-order valence-electron chi connectivity index (χ1n) is 5.12. The second-order valence-electron chi connectivity index (χ2n) is 5.12. The van der Waals surface area contributed by atoms with Crippen LogP contribution in [0, 0.1) is 5.92 Å². The van der Waals surface area contributed by atoms with Crippen LogP contribution in [0.3, 0.4) is 0 Å². The normalized spacial score (nSPS) is 27.2. The van der Waals surface area contributed by atoms with Crippen LogP contribution in [0.4, 0.5) is 0 Å². The van der Waals surface area contributed by atoms with E-state index < -0.39 is 0 Å². The Kier molecular flexibility index (Phi) is 2.01. The van der Waals surface area contributed by atoms with Crippen LogP contribution < -0.4 is 10.6 Å². The highest BCUT2D eigenvalue weighted by Crippen LogP contribution is 2.35. The summed E-state index contributed by atoms with van der Waals surface area (Å²) in [5.74, 6) is 1.19. The van der Waals surface area contributed by atoms with Gasteiger partial charge in [-0.05, 0) is 39.5 Å². The molecule has 1 heterocycles. The minimum atomic E-state index is -0.125. The van der Waals surface area contributed by atoms with Gasteiger partial charge in [-0.3, -0.25) is 10.1 Å². The molecule has 0 aromatic rings. The molecule has 1 unspecified atom stereocenters. The lowest BCUT2D eigenvalue weighted by Crippen LogP contribution is -2.46. The van der Waals surface area contributed by atoms with Crippen LogP contribution in [-0.4, -0.2) is 23.4 Å². The molecule has 4 nitrogen and oxygen atoms in total. The monoisotopic (exact) mass is 195 g/mol. The molecule has 1 aliphatic heterocycles. The topological polar surface area (TPSA) is 53.5 Å². The van der Waals surface area contributed by atoms with Crippen LogP contribution in [0.5, 0.6) is 0 Å². The van der Waals surface area contributed by atoms with Gasteiger partial charge in [-0.25, -0.2) is 4.99 Å². The third kappa shape index (κ3) is 2.05. The summed E-state index contributed by atoms with van der Waals surface area (Å²) in [6.07, 6.45) is 2.29. The zero-order valence-corrected chi connectivity index (χ0v) is 8.92. The number of hydrogen-bond donors (Lipinski definition) is 2. The van der Waals surface area contributed by atoms with E-state index >= 15 is 0 Å². The van der Waals surface area contributed by atoms with Crippen molar-refractivity contribution in [2.24, 2.45) is 10.9 Å². The van der Waals surface area contributed by atoms with E-state index in [2.05, 4.69) is 15.6 Å². The quantitative estimate of drug-likeness (QED) is 0.645. The van der Waals surface area contributed by atoms with Crippen molar-refractivity contribution in [2.45, 2.75) is 45.2 Å². The first-order chi connectivity index (χ1) is 6.46. The van der Waals surface area contributed by atoms with Crippen molar-refractivity contribution in [1.29, 1.82) is 0 Å². The summed E-state index contributed by atoms with van der Waals surface area (Å²) in [7, 11) is 0. The minimum absolute atomic E-state index is 0.0510. The van der Waals surface area contributed by atoms with Gasteiger partial charge in [0.15, 0.2) is 5.96 Å². The van der Waals surface area contributed by atoms with Gasteiger partial charge >= 0.3 is 0 Å². The highest BCUT2D eigenvalue weighted by atomic mass is 16.2. The first-order valence-corrected chi connectivity index (χ1v) is 5.12. The molecule has 2 N–H and O–H groups in total. The van der Waals surface area contributed by atoms with E-state index in [0.29, 0.717) is 11.9 Å². The molecule has 0 radical (unpaired) electrons. The molecule has 1 saturated carbocycles. The van der Waals surface area contributed by atoms with Gasteiger partial charge in [0.1, 0.15) is 6.04 Å². The number of rotatable bonds is 1. The molecule has 4 heteroatoms. The summed E-state index contributed by atoms with van der Waals surface area (Å²) in [6, 6.07) is -0.125. The van der Waals surface area contributed by atoms with Gasteiger partial charge in [0.05, 0.1) is 0 Å². The summed E-state index contributed by atoms with van der Waals surface area (Å²) >= 11 is 0. The molecule has 1 atom stereocenters. The smallest absolute Gasteiger partial charge is 0.251 e. The van der Waals surface area contributed by atoms with E-state index in [1.54, 1.807) is 0 Å². The summed E-state index contributed by atoms with van der Waals surface area (Å²) in [6.45, 7) is 6.14.